The number of hydrogen-bond donors (Lipinski definition) is 0. The van der Waals surface area contributed by atoms with E-state index >= 15 is 0 Å². The van der Waals surface area contributed by atoms with Crippen LogP contribution in [0.5, 0.6) is 0 Å². The molecule has 0 unspecified atom stereocenters. The Labute approximate surface area is 249 Å². The Hall–Kier alpha value is -3.16. The molecule has 0 aromatic carbocycles. The molecule has 8 bridgehead atoms. The van der Waals surface area contributed by atoms with Crippen LogP contribution >= 0.6 is 0 Å². The van der Waals surface area contributed by atoms with Gasteiger partial charge in [-0.25, -0.2) is 9.97 Å². The molecule has 0 N–H and O–H groups in total. The summed E-state index contributed by atoms with van der Waals surface area (Å²) < 4.78 is 0. The maximum Gasteiger partial charge on any atom is 2.00 e. The Balaban J connectivity index is 0.00000256. The number of aryl methyl sites for hydroxylation is 4. The molecular weight excluding hydrogens is 552 g/mol. The second-order valence-electron chi connectivity index (χ2n) is 12.1. The van der Waals surface area contributed by atoms with Crippen LogP contribution in [0.3, 0.4) is 0 Å². The van der Waals surface area contributed by atoms with Gasteiger partial charge in [0.25, 0.3) is 0 Å². The van der Waals surface area contributed by atoms with Crippen molar-refractivity contribution in [3.63, 3.8) is 0 Å². The topological polar surface area (TPSA) is 106 Å². The van der Waals surface area contributed by atoms with Crippen molar-refractivity contribution < 1.29 is 17.1 Å². The van der Waals surface area contributed by atoms with Gasteiger partial charge in [0.05, 0.1) is 23.3 Å². The van der Waals surface area contributed by atoms with Crippen molar-refractivity contribution in [3.05, 3.63) is 45.6 Å². The molecule has 0 saturated carbocycles. The summed E-state index contributed by atoms with van der Waals surface area (Å²) in [5.74, 6) is 3.20. The van der Waals surface area contributed by atoms with Gasteiger partial charge in [-0.1, -0.05) is 0 Å². The van der Waals surface area contributed by atoms with Crippen molar-refractivity contribution >= 4 is 44.9 Å². The van der Waals surface area contributed by atoms with Gasteiger partial charge in [-0.05, 0) is 147 Å². The number of hydrogen-bond acceptors (Lipinski definition) is 6. The predicted octanol–water partition coefficient (Wildman–Crippen LogP) is 5.88. The summed E-state index contributed by atoms with van der Waals surface area (Å²) in [6.45, 7) is 0. The van der Waals surface area contributed by atoms with Crippen molar-refractivity contribution in [2.45, 2.75) is 103 Å². The maximum absolute atomic E-state index is 5.17. The Morgan fingerprint density at radius 1 is 0.317 bits per heavy atom. The van der Waals surface area contributed by atoms with Crippen LogP contribution in [0.15, 0.2) is 0 Å². The molecule has 0 fully saturated rings. The summed E-state index contributed by atoms with van der Waals surface area (Å²) in [5.41, 5.74) is 13.2. The number of nitrogens with zero attached hydrogens (tertiary/aromatic N) is 8. The molecule has 9 heteroatoms. The largest absolute Gasteiger partial charge is 2.00 e. The van der Waals surface area contributed by atoms with Crippen molar-refractivity contribution in [3.8, 4) is 0 Å². The molecule has 0 saturated heterocycles. The fraction of sp³-hybridized carbons (Fsp3) is 0.500. The molecule has 5 heterocycles. The third-order valence-corrected chi connectivity index (χ3v) is 9.73. The van der Waals surface area contributed by atoms with Gasteiger partial charge in [0.15, 0.2) is 0 Å². The minimum Gasteiger partial charge on any atom is -0.358 e. The summed E-state index contributed by atoms with van der Waals surface area (Å²) in [5, 5.41) is 0. The van der Waals surface area contributed by atoms with Crippen molar-refractivity contribution in [2.24, 2.45) is 0 Å². The summed E-state index contributed by atoms with van der Waals surface area (Å²) in [4.78, 5) is 41.0. The van der Waals surface area contributed by atoms with Crippen molar-refractivity contribution in [1.82, 2.24) is 39.9 Å². The van der Waals surface area contributed by atoms with Crippen LogP contribution in [-0.2, 0) is 42.8 Å². The fourth-order valence-electron chi connectivity index (χ4n) is 7.68. The van der Waals surface area contributed by atoms with E-state index < -0.39 is 0 Å². The first-order valence-corrected chi connectivity index (χ1v) is 15.4. The summed E-state index contributed by atoms with van der Waals surface area (Å²) in [6, 6.07) is 0. The Morgan fingerprint density at radius 2 is 0.561 bits per heavy atom. The Bertz CT molecular complexity index is 1570. The third kappa shape index (κ3) is 4.07. The first kappa shape index (κ1) is 25.5. The summed E-state index contributed by atoms with van der Waals surface area (Å²) in [6.07, 6.45) is 17.3. The Morgan fingerprint density at radius 3 is 0.829 bits per heavy atom. The van der Waals surface area contributed by atoms with Gasteiger partial charge in [0.1, 0.15) is 0 Å². The molecular formula is C32H32FeN8. The van der Waals surface area contributed by atoms with E-state index in [0.717, 1.165) is 149 Å². The van der Waals surface area contributed by atoms with E-state index in [2.05, 4.69) is 0 Å². The van der Waals surface area contributed by atoms with E-state index in [1.54, 1.807) is 0 Å². The zero-order chi connectivity index (χ0) is 26.2. The smallest absolute Gasteiger partial charge is 0.358 e. The molecule has 208 valence electrons. The average Bonchev–Trinajstić information content (AvgIpc) is 3.73. The van der Waals surface area contributed by atoms with Gasteiger partial charge < -0.3 is 29.9 Å². The molecule has 3 aromatic rings. The first-order valence-electron chi connectivity index (χ1n) is 15.4. The minimum atomic E-state index is 0. The zero-order valence-electron chi connectivity index (χ0n) is 23.2. The maximum atomic E-state index is 5.17. The molecule has 0 radical (unpaired) electrons. The van der Waals surface area contributed by atoms with Crippen LogP contribution in [0.4, 0.5) is 0 Å². The third-order valence-electron chi connectivity index (χ3n) is 9.73. The van der Waals surface area contributed by atoms with Crippen LogP contribution in [0.1, 0.15) is 123 Å². The van der Waals surface area contributed by atoms with Gasteiger partial charge in [-0.3, -0.25) is 0 Å². The molecule has 2 aliphatic heterocycles. The molecule has 6 aliphatic rings. The first-order chi connectivity index (χ1) is 19.8. The van der Waals surface area contributed by atoms with Crippen LogP contribution in [-0.4, -0.2) is 29.9 Å². The quantitative estimate of drug-likeness (QED) is 0.302. The molecule has 9 rings (SSSR count). The molecule has 3 aromatic heterocycles. The van der Waals surface area contributed by atoms with Gasteiger partial charge in [-0.2, -0.15) is 0 Å². The van der Waals surface area contributed by atoms with Gasteiger partial charge in [0.2, 0.25) is 0 Å². The average molecular weight is 585 g/mol. The molecule has 41 heavy (non-hydrogen) atoms. The van der Waals surface area contributed by atoms with Gasteiger partial charge >= 0.3 is 17.1 Å². The monoisotopic (exact) mass is 584 g/mol. The SMILES string of the molecule is C1CCC2=C(C1)c1nc2nc2[n-]c(nc3nc(nc4[n-]c(n1)c1c4CCCC1)C1=C3CCCC1)c1c2CCCC1.[Fe+2]. The van der Waals surface area contributed by atoms with E-state index in [0.29, 0.717) is 0 Å². The number of allylic oxidation sites excluding steroid dienone is 4. The second kappa shape index (κ2) is 9.99. The van der Waals surface area contributed by atoms with E-state index in [1.807, 2.05) is 0 Å². The molecule has 0 atom stereocenters. The van der Waals surface area contributed by atoms with E-state index in [1.165, 1.54) is 44.5 Å². The van der Waals surface area contributed by atoms with Crippen LogP contribution in [0.25, 0.3) is 44.9 Å². The van der Waals surface area contributed by atoms with E-state index in [9.17, 15) is 0 Å². The zero-order valence-corrected chi connectivity index (χ0v) is 24.3. The fourth-order valence-corrected chi connectivity index (χ4v) is 7.68. The van der Waals surface area contributed by atoms with E-state index in [4.69, 9.17) is 39.9 Å². The van der Waals surface area contributed by atoms with Crippen LogP contribution in [0.2, 0.25) is 0 Å². The predicted molar refractivity (Wildman–Crippen MR) is 154 cm³/mol. The van der Waals surface area contributed by atoms with Crippen LogP contribution < -0.4 is 9.97 Å². The molecule has 8 nitrogen and oxygen atoms in total. The standard InChI is InChI=1S/C32H32N8.Fe/c1-2-10-18-17(9-1)25-33-26(18)38-28-21-13-5-6-14-22(21)30(35-28)40-32-24-16-8-7-15-23(24)31(36-32)39-29-20-12-4-3-11-19(20)27(34-29)37-25;/h1-16H2;/q-2;+2. The number of fused-ring (bicyclic) bond motifs is 18. The van der Waals surface area contributed by atoms with E-state index in [-0.39, 0.29) is 17.1 Å². The molecule has 0 amide bonds. The van der Waals surface area contributed by atoms with Crippen molar-refractivity contribution in [1.29, 1.82) is 0 Å². The molecule has 4 aliphatic carbocycles. The van der Waals surface area contributed by atoms with Crippen LogP contribution in [0, 0.1) is 0 Å². The Kier molecular flexibility index (Phi) is 6.22. The second-order valence-corrected chi connectivity index (χ2v) is 12.1. The van der Waals surface area contributed by atoms with Crippen molar-refractivity contribution in [2.75, 3.05) is 0 Å². The number of aromatic nitrogens is 8. The summed E-state index contributed by atoms with van der Waals surface area (Å²) in [7, 11) is 0. The summed E-state index contributed by atoms with van der Waals surface area (Å²) >= 11 is 0. The van der Waals surface area contributed by atoms with Gasteiger partial charge in [-0.15, -0.1) is 0 Å². The minimum absolute atomic E-state index is 0. The van der Waals surface area contributed by atoms with Gasteiger partial charge in [0, 0.05) is 22.6 Å². The number of rotatable bonds is 0. The normalized spacial score (nSPS) is 19.7. The molecule has 0 spiro atoms.